The average Bonchev–Trinajstić information content (AvgIpc) is 2.65. The van der Waals surface area contributed by atoms with Gasteiger partial charge in [-0.1, -0.05) is 18.2 Å². The number of likely N-dealkylation sites (tertiary alicyclic amines) is 1. The second-order valence-electron chi connectivity index (χ2n) is 7.01. The number of amides is 2. The van der Waals surface area contributed by atoms with Gasteiger partial charge in [-0.05, 0) is 68.2 Å². The minimum Gasteiger partial charge on any atom is -0.366 e. The van der Waals surface area contributed by atoms with Gasteiger partial charge in [0.2, 0.25) is 11.8 Å². The maximum absolute atomic E-state index is 13.0. The fraction of sp³-hybridized carbons (Fsp3) is 0.333. The molecule has 0 radical (unpaired) electrons. The molecular weight excluding hydrogens is 345 g/mol. The lowest BCUT2D eigenvalue weighted by Gasteiger charge is -2.31. The molecule has 0 atom stereocenters. The number of carbonyl (C=O) groups excluding carboxylic acids is 2. The molecule has 1 saturated heterocycles. The maximum atomic E-state index is 13.0. The predicted octanol–water partition coefficient (Wildman–Crippen LogP) is 3.08. The molecule has 6 heteroatoms. The fourth-order valence-electron chi connectivity index (χ4n) is 3.47. The van der Waals surface area contributed by atoms with E-state index >= 15 is 0 Å². The van der Waals surface area contributed by atoms with Gasteiger partial charge >= 0.3 is 0 Å². The maximum Gasteiger partial charge on any atom is 0.249 e. The molecule has 0 aliphatic carbocycles. The van der Waals surface area contributed by atoms with Gasteiger partial charge in [0, 0.05) is 23.7 Å². The van der Waals surface area contributed by atoms with E-state index in [-0.39, 0.29) is 17.6 Å². The Kier molecular flexibility index (Phi) is 5.86. The minimum absolute atomic E-state index is 0.0267. The first-order valence-corrected chi connectivity index (χ1v) is 9.11. The number of carbonyl (C=O) groups is 2. The van der Waals surface area contributed by atoms with Gasteiger partial charge in [0.1, 0.15) is 5.82 Å². The van der Waals surface area contributed by atoms with Crippen molar-refractivity contribution in [1.82, 2.24) is 4.90 Å². The summed E-state index contributed by atoms with van der Waals surface area (Å²) in [6.07, 6.45) is 1.53. The quantitative estimate of drug-likeness (QED) is 0.850. The average molecular weight is 369 g/mol. The standard InChI is InChI=1S/C21H24FN3O2/c1-14-18(20(23)26)3-2-4-19(14)24-21(27)16-9-11-25(12-10-16)13-15-5-7-17(22)8-6-15/h2-8,16H,9-13H2,1H3,(H2,23,26)(H,24,27). The highest BCUT2D eigenvalue weighted by Crippen LogP contribution is 2.23. The Labute approximate surface area is 158 Å². The molecule has 27 heavy (non-hydrogen) atoms. The Balaban J connectivity index is 1.55. The third kappa shape index (κ3) is 4.71. The Morgan fingerprint density at radius 3 is 2.44 bits per heavy atom. The van der Waals surface area contributed by atoms with Crippen LogP contribution < -0.4 is 11.1 Å². The summed E-state index contributed by atoms with van der Waals surface area (Å²) in [5.41, 5.74) is 8.17. The lowest BCUT2D eigenvalue weighted by molar-refractivity contribution is -0.121. The van der Waals surface area contributed by atoms with E-state index in [2.05, 4.69) is 10.2 Å². The van der Waals surface area contributed by atoms with Crippen LogP contribution in [0.15, 0.2) is 42.5 Å². The van der Waals surface area contributed by atoms with Gasteiger partial charge in [0.25, 0.3) is 0 Å². The zero-order chi connectivity index (χ0) is 19.4. The summed E-state index contributed by atoms with van der Waals surface area (Å²) >= 11 is 0. The Hall–Kier alpha value is -2.73. The second kappa shape index (κ2) is 8.31. The van der Waals surface area contributed by atoms with Gasteiger partial charge in [0.05, 0.1) is 0 Å². The van der Waals surface area contributed by atoms with Crippen molar-refractivity contribution in [1.29, 1.82) is 0 Å². The van der Waals surface area contributed by atoms with Crippen LogP contribution >= 0.6 is 0 Å². The van der Waals surface area contributed by atoms with Crippen molar-refractivity contribution >= 4 is 17.5 Å². The molecule has 0 unspecified atom stereocenters. The van der Waals surface area contributed by atoms with Crippen LogP contribution in [0.5, 0.6) is 0 Å². The van der Waals surface area contributed by atoms with Crippen LogP contribution in [0.2, 0.25) is 0 Å². The topological polar surface area (TPSA) is 75.4 Å². The monoisotopic (exact) mass is 369 g/mol. The zero-order valence-corrected chi connectivity index (χ0v) is 15.4. The Bertz CT molecular complexity index is 828. The van der Waals surface area contributed by atoms with Crippen LogP contribution in [-0.2, 0) is 11.3 Å². The fourth-order valence-corrected chi connectivity index (χ4v) is 3.47. The predicted molar refractivity (Wildman–Crippen MR) is 103 cm³/mol. The summed E-state index contributed by atoms with van der Waals surface area (Å²) in [5, 5.41) is 2.94. The largest absolute Gasteiger partial charge is 0.366 e. The molecule has 1 heterocycles. The molecule has 2 aromatic carbocycles. The van der Waals surface area contributed by atoms with E-state index < -0.39 is 5.91 Å². The highest BCUT2D eigenvalue weighted by atomic mass is 19.1. The lowest BCUT2D eigenvalue weighted by Crippen LogP contribution is -2.37. The van der Waals surface area contributed by atoms with Crippen molar-refractivity contribution in [3.8, 4) is 0 Å². The van der Waals surface area contributed by atoms with Gasteiger partial charge in [0.15, 0.2) is 0 Å². The summed E-state index contributed by atoms with van der Waals surface area (Å²) in [6.45, 7) is 4.17. The molecule has 1 aliphatic heterocycles. The smallest absolute Gasteiger partial charge is 0.249 e. The molecule has 142 valence electrons. The minimum atomic E-state index is -0.502. The molecule has 3 N–H and O–H groups in total. The van der Waals surface area contributed by atoms with Crippen LogP contribution in [0.1, 0.15) is 34.3 Å². The Morgan fingerprint density at radius 2 is 1.81 bits per heavy atom. The van der Waals surface area contributed by atoms with Crippen LogP contribution in [0.4, 0.5) is 10.1 Å². The third-order valence-electron chi connectivity index (χ3n) is 5.13. The molecule has 0 aromatic heterocycles. The zero-order valence-electron chi connectivity index (χ0n) is 15.4. The van der Waals surface area contributed by atoms with Crippen LogP contribution in [-0.4, -0.2) is 29.8 Å². The van der Waals surface area contributed by atoms with Crippen molar-refractivity contribution < 1.29 is 14.0 Å². The van der Waals surface area contributed by atoms with E-state index in [1.807, 2.05) is 0 Å². The van der Waals surface area contributed by atoms with Crippen molar-refractivity contribution in [2.75, 3.05) is 18.4 Å². The van der Waals surface area contributed by atoms with E-state index in [1.54, 1.807) is 37.3 Å². The van der Waals surface area contributed by atoms with Gasteiger partial charge < -0.3 is 11.1 Å². The molecule has 2 aromatic rings. The number of hydrogen-bond donors (Lipinski definition) is 2. The number of nitrogens with one attached hydrogen (secondary N) is 1. The number of primary amides is 1. The summed E-state index contributed by atoms with van der Waals surface area (Å²) < 4.78 is 13.0. The van der Waals surface area contributed by atoms with Crippen molar-refractivity contribution in [2.45, 2.75) is 26.3 Å². The molecular formula is C21H24FN3O2. The number of rotatable bonds is 5. The van der Waals surface area contributed by atoms with Crippen LogP contribution in [0, 0.1) is 18.7 Å². The first-order valence-electron chi connectivity index (χ1n) is 9.11. The summed E-state index contributed by atoms with van der Waals surface area (Å²) in [5.74, 6) is -0.824. The first kappa shape index (κ1) is 19.0. The molecule has 0 saturated carbocycles. The molecule has 5 nitrogen and oxygen atoms in total. The number of nitrogens with two attached hydrogens (primary N) is 1. The highest BCUT2D eigenvalue weighted by Gasteiger charge is 2.25. The number of piperidine rings is 1. The van der Waals surface area contributed by atoms with Crippen molar-refractivity contribution in [2.24, 2.45) is 11.7 Å². The number of hydrogen-bond acceptors (Lipinski definition) is 3. The third-order valence-corrected chi connectivity index (χ3v) is 5.13. The number of nitrogens with zero attached hydrogens (tertiary/aromatic N) is 1. The van der Waals surface area contributed by atoms with Gasteiger partial charge in [-0.15, -0.1) is 0 Å². The number of anilines is 1. The van der Waals surface area contributed by atoms with E-state index in [0.717, 1.165) is 38.0 Å². The molecule has 3 rings (SSSR count). The second-order valence-corrected chi connectivity index (χ2v) is 7.01. The number of benzene rings is 2. The summed E-state index contributed by atoms with van der Waals surface area (Å²) in [7, 11) is 0. The van der Waals surface area contributed by atoms with E-state index in [4.69, 9.17) is 5.73 Å². The Morgan fingerprint density at radius 1 is 1.15 bits per heavy atom. The lowest BCUT2D eigenvalue weighted by atomic mass is 9.95. The van der Waals surface area contributed by atoms with Crippen LogP contribution in [0.3, 0.4) is 0 Å². The van der Waals surface area contributed by atoms with Crippen LogP contribution in [0.25, 0.3) is 0 Å². The van der Waals surface area contributed by atoms with E-state index in [9.17, 15) is 14.0 Å². The molecule has 1 fully saturated rings. The first-order chi connectivity index (χ1) is 12.9. The van der Waals surface area contributed by atoms with Gasteiger partial charge in [-0.25, -0.2) is 4.39 Å². The normalized spacial score (nSPS) is 15.5. The van der Waals surface area contributed by atoms with E-state index in [0.29, 0.717) is 16.8 Å². The number of halogens is 1. The van der Waals surface area contributed by atoms with Crippen molar-refractivity contribution in [3.63, 3.8) is 0 Å². The molecule has 1 aliphatic rings. The molecule has 0 bridgehead atoms. The van der Waals surface area contributed by atoms with Gasteiger partial charge in [-0.2, -0.15) is 0 Å². The molecule has 2 amide bonds. The van der Waals surface area contributed by atoms with Gasteiger partial charge in [-0.3, -0.25) is 14.5 Å². The summed E-state index contributed by atoms with van der Waals surface area (Å²) in [6, 6.07) is 11.7. The summed E-state index contributed by atoms with van der Waals surface area (Å²) in [4.78, 5) is 26.3. The highest BCUT2D eigenvalue weighted by molar-refractivity contribution is 5.99. The molecule has 0 spiro atoms. The van der Waals surface area contributed by atoms with Crippen molar-refractivity contribution in [3.05, 3.63) is 65.0 Å². The van der Waals surface area contributed by atoms with E-state index in [1.165, 1.54) is 12.1 Å². The SMILES string of the molecule is Cc1c(NC(=O)C2CCN(Cc3ccc(F)cc3)CC2)cccc1C(N)=O.